The SMILES string of the molecule is CC(C)(C)C1CCC(N(Cc2ccc(C(O)Cc3nn[nH]n3)cc2)C(=O)Nc2ccc(OC(F)(F)F)cc2)CC1. The number of ether oxygens (including phenoxy) is 1. The molecule has 12 heteroatoms. The Morgan fingerprint density at radius 2 is 1.73 bits per heavy atom. The number of carbonyl (C=O) groups is 1. The normalized spacial score (nSPS) is 18.7. The van der Waals surface area contributed by atoms with E-state index >= 15 is 0 Å². The van der Waals surface area contributed by atoms with E-state index in [4.69, 9.17) is 0 Å². The Labute approximate surface area is 231 Å². The summed E-state index contributed by atoms with van der Waals surface area (Å²) >= 11 is 0. The number of aromatic nitrogens is 4. The first-order chi connectivity index (χ1) is 18.9. The average molecular weight is 561 g/mol. The molecule has 0 radical (unpaired) electrons. The van der Waals surface area contributed by atoms with Gasteiger partial charge in [-0.1, -0.05) is 50.3 Å². The lowest BCUT2D eigenvalue weighted by molar-refractivity contribution is -0.274. The monoisotopic (exact) mass is 560 g/mol. The second-order valence-electron chi connectivity index (χ2n) is 11.3. The molecule has 1 aromatic heterocycles. The van der Waals surface area contributed by atoms with E-state index in [1.165, 1.54) is 24.3 Å². The first kappa shape index (κ1) is 29.3. The molecule has 1 aliphatic rings. The number of aliphatic hydroxyl groups is 1. The van der Waals surface area contributed by atoms with Gasteiger partial charge >= 0.3 is 12.4 Å². The van der Waals surface area contributed by atoms with Gasteiger partial charge in [0.2, 0.25) is 0 Å². The third kappa shape index (κ3) is 8.17. The molecule has 216 valence electrons. The highest BCUT2D eigenvalue weighted by atomic mass is 19.4. The van der Waals surface area contributed by atoms with Gasteiger partial charge in [-0.25, -0.2) is 4.79 Å². The van der Waals surface area contributed by atoms with Crippen molar-refractivity contribution < 1.29 is 27.8 Å². The Morgan fingerprint density at radius 3 is 2.27 bits per heavy atom. The maximum absolute atomic E-state index is 13.5. The van der Waals surface area contributed by atoms with Gasteiger partial charge in [0.1, 0.15) is 5.75 Å². The van der Waals surface area contributed by atoms with E-state index in [1.807, 2.05) is 24.3 Å². The van der Waals surface area contributed by atoms with Crippen molar-refractivity contribution in [2.24, 2.45) is 11.3 Å². The van der Waals surface area contributed by atoms with Crippen LogP contribution < -0.4 is 10.1 Å². The molecule has 1 aliphatic carbocycles. The van der Waals surface area contributed by atoms with Crippen LogP contribution in [0.4, 0.5) is 23.7 Å². The molecule has 0 spiro atoms. The van der Waals surface area contributed by atoms with Crippen molar-refractivity contribution in [3.8, 4) is 5.75 Å². The summed E-state index contributed by atoms with van der Waals surface area (Å²) in [5.74, 6) is 0.613. The van der Waals surface area contributed by atoms with Crippen LogP contribution in [0.3, 0.4) is 0 Å². The number of anilines is 1. The summed E-state index contributed by atoms with van der Waals surface area (Å²) in [6, 6.07) is 12.2. The summed E-state index contributed by atoms with van der Waals surface area (Å²) in [7, 11) is 0. The highest BCUT2D eigenvalue weighted by Gasteiger charge is 2.34. The number of hydrogen-bond donors (Lipinski definition) is 3. The number of nitrogens with one attached hydrogen (secondary N) is 2. The highest BCUT2D eigenvalue weighted by molar-refractivity contribution is 5.89. The summed E-state index contributed by atoms with van der Waals surface area (Å²) in [6.07, 6.45) is -1.65. The lowest BCUT2D eigenvalue weighted by Crippen LogP contribution is -2.45. The van der Waals surface area contributed by atoms with Crippen LogP contribution in [0.5, 0.6) is 5.75 Å². The molecule has 2 amide bonds. The van der Waals surface area contributed by atoms with Crippen LogP contribution in [-0.2, 0) is 13.0 Å². The zero-order valence-electron chi connectivity index (χ0n) is 22.8. The molecule has 0 saturated heterocycles. The smallest absolute Gasteiger partial charge is 0.406 e. The molecule has 3 N–H and O–H groups in total. The fourth-order valence-electron chi connectivity index (χ4n) is 5.16. The fourth-order valence-corrected chi connectivity index (χ4v) is 5.16. The number of aliphatic hydroxyl groups excluding tert-OH is 1. The van der Waals surface area contributed by atoms with Crippen LogP contribution in [-0.4, -0.2) is 49.1 Å². The Morgan fingerprint density at radius 1 is 1.07 bits per heavy atom. The third-order valence-corrected chi connectivity index (χ3v) is 7.44. The molecule has 0 aliphatic heterocycles. The zero-order chi connectivity index (χ0) is 28.9. The number of rotatable bonds is 8. The van der Waals surface area contributed by atoms with Gasteiger partial charge < -0.3 is 20.1 Å². The van der Waals surface area contributed by atoms with Crippen LogP contribution in [0.15, 0.2) is 48.5 Å². The quantitative estimate of drug-likeness (QED) is 0.311. The van der Waals surface area contributed by atoms with Gasteiger partial charge in [0.25, 0.3) is 0 Å². The standard InChI is InChI=1S/C28H35F3N6O3/c1-27(2,3)20-8-12-22(13-9-20)37(26(39)32-21-10-14-23(15-11-21)40-28(29,30)31)17-18-4-6-19(7-5-18)24(38)16-25-33-35-36-34-25/h4-7,10-11,14-15,20,22,24,38H,8-9,12-13,16-17H2,1-3H3,(H,32,39)(H,33,34,35,36). The van der Waals surface area contributed by atoms with E-state index in [0.29, 0.717) is 29.5 Å². The topological polar surface area (TPSA) is 116 Å². The van der Waals surface area contributed by atoms with E-state index in [1.54, 1.807) is 4.90 Å². The number of halogens is 3. The number of benzene rings is 2. The van der Waals surface area contributed by atoms with Gasteiger partial charge in [0, 0.05) is 24.7 Å². The summed E-state index contributed by atoms with van der Waals surface area (Å²) in [5.41, 5.74) is 2.14. The van der Waals surface area contributed by atoms with Crippen molar-refractivity contribution in [3.63, 3.8) is 0 Å². The Balaban J connectivity index is 1.46. The highest BCUT2D eigenvalue weighted by Crippen LogP contribution is 2.39. The predicted molar refractivity (Wildman–Crippen MR) is 142 cm³/mol. The molecule has 40 heavy (non-hydrogen) atoms. The van der Waals surface area contributed by atoms with Crippen molar-refractivity contribution in [2.75, 3.05) is 5.32 Å². The number of alkyl halides is 3. The van der Waals surface area contributed by atoms with E-state index in [2.05, 4.69) is 51.4 Å². The number of H-pyrrole nitrogens is 1. The molecular formula is C28H35F3N6O3. The largest absolute Gasteiger partial charge is 0.573 e. The van der Waals surface area contributed by atoms with Crippen LogP contribution >= 0.6 is 0 Å². The zero-order valence-corrected chi connectivity index (χ0v) is 22.8. The molecule has 1 atom stereocenters. The second kappa shape index (κ2) is 12.2. The first-order valence-electron chi connectivity index (χ1n) is 13.3. The second-order valence-corrected chi connectivity index (χ2v) is 11.3. The number of hydrogen-bond acceptors (Lipinski definition) is 6. The molecule has 1 fully saturated rings. The van der Waals surface area contributed by atoms with Crippen molar-refractivity contribution in [1.82, 2.24) is 25.5 Å². The molecule has 1 saturated carbocycles. The van der Waals surface area contributed by atoms with Crippen LogP contribution in [0, 0.1) is 11.3 Å². The Kier molecular flexibility index (Phi) is 8.97. The number of amides is 2. The molecule has 1 unspecified atom stereocenters. The molecule has 0 bridgehead atoms. The molecule has 2 aromatic carbocycles. The van der Waals surface area contributed by atoms with Crippen molar-refractivity contribution in [1.29, 1.82) is 0 Å². The van der Waals surface area contributed by atoms with E-state index in [-0.39, 0.29) is 29.7 Å². The minimum Gasteiger partial charge on any atom is -0.406 e. The van der Waals surface area contributed by atoms with Crippen LogP contribution in [0.2, 0.25) is 0 Å². The van der Waals surface area contributed by atoms with Gasteiger partial charge in [-0.05, 0) is 72.4 Å². The van der Waals surface area contributed by atoms with Crippen molar-refractivity contribution in [2.45, 2.75) is 77.9 Å². The molecule has 1 heterocycles. The molecule has 9 nitrogen and oxygen atoms in total. The number of aromatic amines is 1. The van der Waals surface area contributed by atoms with E-state index in [9.17, 15) is 23.1 Å². The van der Waals surface area contributed by atoms with E-state index < -0.39 is 12.5 Å². The summed E-state index contributed by atoms with van der Waals surface area (Å²) in [4.78, 5) is 15.3. The van der Waals surface area contributed by atoms with Gasteiger partial charge in [-0.15, -0.1) is 23.4 Å². The van der Waals surface area contributed by atoms with Gasteiger partial charge in [-0.3, -0.25) is 0 Å². The number of nitrogens with zero attached hydrogens (tertiary/aromatic N) is 4. The minimum atomic E-state index is -4.79. The third-order valence-electron chi connectivity index (χ3n) is 7.44. The van der Waals surface area contributed by atoms with E-state index in [0.717, 1.165) is 31.2 Å². The Bertz CT molecular complexity index is 1220. The van der Waals surface area contributed by atoms with Crippen molar-refractivity contribution >= 4 is 11.7 Å². The van der Waals surface area contributed by atoms with Gasteiger partial charge in [0.05, 0.1) is 6.10 Å². The van der Waals surface area contributed by atoms with Crippen molar-refractivity contribution in [3.05, 3.63) is 65.5 Å². The maximum Gasteiger partial charge on any atom is 0.573 e. The maximum atomic E-state index is 13.5. The summed E-state index contributed by atoms with van der Waals surface area (Å²) < 4.78 is 41.4. The van der Waals surface area contributed by atoms with Gasteiger partial charge in [0.15, 0.2) is 5.82 Å². The number of tetrazole rings is 1. The summed E-state index contributed by atoms with van der Waals surface area (Å²) in [5, 5.41) is 27.0. The minimum absolute atomic E-state index is 0.00921. The average Bonchev–Trinajstić information content (AvgIpc) is 3.40. The van der Waals surface area contributed by atoms with Crippen LogP contribution in [0.25, 0.3) is 0 Å². The fraction of sp³-hybridized carbons (Fsp3) is 0.500. The molecule has 3 aromatic rings. The first-order valence-corrected chi connectivity index (χ1v) is 13.3. The lowest BCUT2D eigenvalue weighted by atomic mass is 9.71. The summed E-state index contributed by atoms with van der Waals surface area (Å²) in [6.45, 7) is 7.06. The number of urea groups is 1. The van der Waals surface area contributed by atoms with Gasteiger partial charge in [-0.2, -0.15) is 5.21 Å². The molecular weight excluding hydrogens is 525 g/mol. The predicted octanol–water partition coefficient (Wildman–Crippen LogP) is 6.01. The Hall–Kier alpha value is -3.67. The number of carbonyl (C=O) groups excluding carboxylic acids is 1. The van der Waals surface area contributed by atoms with Crippen LogP contribution in [0.1, 0.15) is 69.5 Å². The lowest BCUT2D eigenvalue weighted by Gasteiger charge is -2.41. The molecule has 4 rings (SSSR count).